The molecule has 0 aliphatic carbocycles. The van der Waals surface area contributed by atoms with Crippen molar-refractivity contribution >= 4 is 33.8 Å². The number of methoxy groups -OCH3 is 1. The number of carbonyl (C=O) groups excluding carboxylic acids is 1. The summed E-state index contributed by atoms with van der Waals surface area (Å²) in [6.07, 6.45) is 6.73. The minimum atomic E-state index is -0.301. The summed E-state index contributed by atoms with van der Waals surface area (Å²) in [5.74, 6) is -0.301. The van der Waals surface area contributed by atoms with Gasteiger partial charge in [0.1, 0.15) is 5.69 Å². The van der Waals surface area contributed by atoms with E-state index in [0.717, 1.165) is 24.2 Å². The zero-order chi connectivity index (χ0) is 22.2. The summed E-state index contributed by atoms with van der Waals surface area (Å²) in [5.41, 5.74) is 3.06. The lowest BCUT2D eigenvalue weighted by Crippen LogP contribution is -2.54. The van der Waals surface area contributed by atoms with Gasteiger partial charge in [0.05, 0.1) is 24.4 Å². The van der Waals surface area contributed by atoms with Crippen LogP contribution in [0.25, 0.3) is 16.6 Å². The van der Waals surface area contributed by atoms with Crippen molar-refractivity contribution in [1.29, 1.82) is 0 Å². The van der Waals surface area contributed by atoms with Crippen LogP contribution < -0.4 is 20.3 Å². The molecule has 1 amide bonds. The van der Waals surface area contributed by atoms with E-state index in [-0.39, 0.29) is 11.9 Å². The van der Waals surface area contributed by atoms with Crippen molar-refractivity contribution in [1.82, 2.24) is 29.9 Å². The van der Waals surface area contributed by atoms with E-state index in [0.29, 0.717) is 34.5 Å². The fourth-order valence-electron chi connectivity index (χ4n) is 4.28. The zero-order valence-electron chi connectivity index (χ0n) is 18.1. The second-order valence-electron chi connectivity index (χ2n) is 8.03. The van der Waals surface area contributed by atoms with Crippen LogP contribution >= 0.6 is 0 Å². The molecule has 0 bridgehead atoms. The lowest BCUT2D eigenvalue weighted by molar-refractivity contribution is 0.102. The number of hydrogen-bond acceptors (Lipinski definition) is 8. The lowest BCUT2D eigenvalue weighted by Gasteiger charge is -2.38. The Morgan fingerprint density at radius 3 is 2.78 bits per heavy atom. The molecule has 4 heterocycles. The fourth-order valence-corrected chi connectivity index (χ4v) is 4.28. The van der Waals surface area contributed by atoms with Crippen LogP contribution in [-0.4, -0.2) is 62.8 Å². The van der Waals surface area contributed by atoms with Crippen LogP contribution in [0.5, 0.6) is 6.01 Å². The number of amides is 1. The molecule has 0 unspecified atom stereocenters. The summed E-state index contributed by atoms with van der Waals surface area (Å²) in [6, 6.07) is 6.45. The summed E-state index contributed by atoms with van der Waals surface area (Å²) in [7, 11) is 1.51. The first-order chi connectivity index (χ1) is 15.5. The van der Waals surface area contributed by atoms with Gasteiger partial charge in [0.25, 0.3) is 5.91 Å². The molecule has 3 aromatic heterocycles. The van der Waals surface area contributed by atoms with Crippen molar-refractivity contribution < 1.29 is 9.53 Å². The number of ether oxygens (including phenoxy) is 1. The molecule has 0 radical (unpaired) electrons. The number of anilines is 2. The number of rotatable bonds is 4. The Bertz CT molecular complexity index is 1290. The SMILES string of the molecule is COc1ncc2c(N3C[C@@H](C)N[C@@H](C)C3)ccc(C(=O)Nc3cnn4cccnc34)c2n1. The van der Waals surface area contributed by atoms with E-state index < -0.39 is 0 Å². The summed E-state index contributed by atoms with van der Waals surface area (Å²) < 4.78 is 6.85. The van der Waals surface area contributed by atoms with Gasteiger partial charge in [-0.05, 0) is 32.0 Å². The number of nitrogens with zero attached hydrogens (tertiary/aromatic N) is 6. The molecular formula is C22H24N8O2. The van der Waals surface area contributed by atoms with Crippen LogP contribution in [0.4, 0.5) is 11.4 Å². The van der Waals surface area contributed by atoms with Gasteiger partial charge in [-0.1, -0.05) is 0 Å². The van der Waals surface area contributed by atoms with Gasteiger partial charge in [0, 0.05) is 54.8 Å². The third-order valence-corrected chi connectivity index (χ3v) is 5.56. The first-order valence-electron chi connectivity index (χ1n) is 10.5. The lowest BCUT2D eigenvalue weighted by atomic mass is 10.0. The van der Waals surface area contributed by atoms with E-state index >= 15 is 0 Å². The van der Waals surface area contributed by atoms with Gasteiger partial charge in [0.2, 0.25) is 0 Å². The Labute approximate surface area is 184 Å². The number of aromatic nitrogens is 5. The van der Waals surface area contributed by atoms with E-state index in [9.17, 15) is 4.79 Å². The minimum absolute atomic E-state index is 0.211. The van der Waals surface area contributed by atoms with Crippen molar-refractivity contribution in [3.8, 4) is 6.01 Å². The third kappa shape index (κ3) is 3.58. The normalized spacial score (nSPS) is 18.8. The Morgan fingerprint density at radius 1 is 1.19 bits per heavy atom. The van der Waals surface area contributed by atoms with Crippen LogP contribution in [0.3, 0.4) is 0 Å². The number of piperazine rings is 1. The molecule has 5 rings (SSSR count). The highest BCUT2D eigenvalue weighted by atomic mass is 16.5. The molecule has 2 N–H and O–H groups in total. The summed E-state index contributed by atoms with van der Waals surface area (Å²) in [5, 5.41) is 11.5. The van der Waals surface area contributed by atoms with Gasteiger partial charge in [0.15, 0.2) is 5.65 Å². The number of benzene rings is 1. The molecule has 1 aliphatic heterocycles. The van der Waals surface area contributed by atoms with Crippen LogP contribution in [0, 0.1) is 0 Å². The van der Waals surface area contributed by atoms with Crippen LogP contribution in [-0.2, 0) is 0 Å². The average molecular weight is 432 g/mol. The molecule has 32 heavy (non-hydrogen) atoms. The Kier molecular flexibility index (Phi) is 5.06. The molecule has 1 fully saturated rings. The smallest absolute Gasteiger partial charge is 0.316 e. The van der Waals surface area contributed by atoms with E-state index in [1.807, 2.05) is 6.07 Å². The molecular weight excluding hydrogens is 408 g/mol. The quantitative estimate of drug-likeness (QED) is 0.505. The molecule has 1 saturated heterocycles. The number of nitrogens with one attached hydrogen (secondary N) is 2. The number of carbonyl (C=O) groups is 1. The Morgan fingerprint density at radius 2 is 2.00 bits per heavy atom. The minimum Gasteiger partial charge on any atom is -0.467 e. The van der Waals surface area contributed by atoms with Crippen molar-refractivity contribution in [3.63, 3.8) is 0 Å². The van der Waals surface area contributed by atoms with E-state index in [1.165, 1.54) is 7.11 Å². The molecule has 2 atom stereocenters. The molecule has 0 saturated carbocycles. The molecule has 0 spiro atoms. The molecule has 10 heteroatoms. The first kappa shape index (κ1) is 20.1. The highest BCUT2D eigenvalue weighted by molar-refractivity contribution is 6.14. The largest absolute Gasteiger partial charge is 0.467 e. The predicted molar refractivity (Wildman–Crippen MR) is 121 cm³/mol. The topological polar surface area (TPSA) is 110 Å². The molecule has 164 valence electrons. The maximum Gasteiger partial charge on any atom is 0.316 e. The summed E-state index contributed by atoms with van der Waals surface area (Å²) in [4.78, 5) is 28.7. The summed E-state index contributed by atoms with van der Waals surface area (Å²) >= 11 is 0. The van der Waals surface area contributed by atoms with Crippen LogP contribution in [0.15, 0.2) is 43.0 Å². The van der Waals surface area contributed by atoms with Gasteiger partial charge >= 0.3 is 6.01 Å². The molecule has 1 aromatic carbocycles. The third-order valence-electron chi connectivity index (χ3n) is 5.56. The maximum absolute atomic E-state index is 13.3. The average Bonchev–Trinajstić information content (AvgIpc) is 3.20. The monoisotopic (exact) mass is 432 g/mol. The van der Waals surface area contributed by atoms with Gasteiger partial charge in [-0.15, -0.1) is 0 Å². The van der Waals surface area contributed by atoms with Crippen molar-refractivity contribution in [2.24, 2.45) is 0 Å². The van der Waals surface area contributed by atoms with Crippen LogP contribution in [0.1, 0.15) is 24.2 Å². The molecule has 4 aromatic rings. The van der Waals surface area contributed by atoms with Gasteiger partial charge in [-0.25, -0.2) is 14.5 Å². The highest BCUT2D eigenvalue weighted by Crippen LogP contribution is 2.31. The maximum atomic E-state index is 13.3. The molecule has 10 nitrogen and oxygen atoms in total. The second-order valence-corrected chi connectivity index (χ2v) is 8.03. The predicted octanol–water partition coefficient (Wildman–Crippen LogP) is 2.12. The van der Waals surface area contributed by atoms with Crippen molar-refractivity contribution in [3.05, 3.63) is 48.5 Å². The number of hydrogen-bond donors (Lipinski definition) is 2. The standard InChI is InChI=1S/C22H24N8O2/c1-13-11-29(12-14(2)26-13)18-6-5-15(19-16(18)9-24-22(28-19)32-3)21(31)27-17-10-25-30-8-4-7-23-20(17)30/h4-10,13-14,26H,11-12H2,1-3H3,(H,27,31)/t13-,14+. The second kappa shape index (κ2) is 8.04. The van der Waals surface area contributed by atoms with Gasteiger partial charge in [-0.2, -0.15) is 10.1 Å². The van der Waals surface area contributed by atoms with Gasteiger partial charge in [-0.3, -0.25) is 4.79 Å². The van der Waals surface area contributed by atoms with Crippen LogP contribution in [0.2, 0.25) is 0 Å². The Hall–Kier alpha value is -3.79. The zero-order valence-corrected chi connectivity index (χ0v) is 18.1. The molecule has 1 aliphatic rings. The Balaban J connectivity index is 1.56. The van der Waals surface area contributed by atoms with Gasteiger partial charge < -0.3 is 20.3 Å². The van der Waals surface area contributed by atoms with Crippen molar-refractivity contribution in [2.45, 2.75) is 25.9 Å². The van der Waals surface area contributed by atoms with E-state index in [4.69, 9.17) is 4.74 Å². The first-order valence-corrected chi connectivity index (χ1v) is 10.5. The summed E-state index contributed by atoms with van der Waals surface area (Å²) in [6.45, 7) is 6.03. The van der Waals surface area contributed by atoms with E-state index in [2.05, 4.69) is 49.4 Å². The van der Waals surface area contributed by atoms with Crippen molar-refractivity contribution in [2.75, 3.05) is 30.4 Å². The number of fused-ring (bicyclic) bond motifs is 2. The highest BCUT2D eigenvalue weighted by Gasteiger charge is 2.25. The fraction of sp³-hybridized carbons (Fsp3) is 0.318. The van der Waals surface area contributed by atoms with E-state index in [1.54, 1.807) is 41.4 Å².